The van der Waals surface area contributed by atoms with Gasteiger partial charge < -0.3 is 20.1 Å². The summed E-state index contributed by atoms with van der Waals surface area (Å²) < 4.78 is 11.2. The second-order valence-electron chi connectivity index (χ2n) is 8.01. The summed E-state index contributed by atoms with van der Waals surface area (Å²) in [5.74, 6) is 0.418. The van der Waals surface area contributed by atoms with Crippen molar-refractivity contribution in [3.8, 4) is 11.5 Å². The lowest BCUT2D eigenvalue weighted by Gasteiger charge is -2.34. The van der Waals surface area contributed by atoms with Gasteiger partial charge in [-0.25, -0.2) is 0 Å². The normalized spacial score (nSPS) is 17.1. The molecule has 1 saturated heterocycles. The second-order valence-corrected chi connectivity index (χ2v) is 8.01. The van der Waals surface area contributed by atoms with E-state index in [1.165, 1.54) is 0 Å². The molecule has 0 radical (unpaired) electrons. The highest BCUT2D eigenvalue weighted by Gasteiger charge is 2.31. The van der Waals surface area contributed by atoms with E-state index < -0.39 is 12.0 Å². The highest BCUT2D eigenvalue weighted by atomic mass is 16.5. The largest absolute Gasteiger partial charge is 0.493 e. The quantitative estimate of drug-likeness (QED) is 0.642. The second kappa shape index (κ2) is 9.26. The minimum atomic E-state index is -0.676. The lowest BCUT2D eigenvalue weighted by molar-refractivity contribution is -0.139. The Bertz CT molecular complexity index is 1150. The van der Waals surface area contributed by atoms with Gasteiger partial charge in [0.1, 0.15) is 0 Å². The smallest absolute Gasteiger partial charge is 0.263 e. The first kappa shape index (κ1) is 21.6. The van der Waals surface area contributed by atoms with E-state index >= 15 is 0 Å². The zero-order valence-corrected chi connectivity index (χ0v) is 18.3. The molecule has 166 valence electrons. The number of ether oxygens (including phenoxy) is 2. The summed E-state index contributed by atoms with van der Waals surface area (Å²) in [6.07, 6.45) is 0.965. The Kier molecular flexibility index (Phi) is 6.25. The topological polar surface area (TPSA) is 94.8 Å². The number of methoxy groups -OCH3 is 1. The van der Waals surface area contributed by atoms with Crippen LogP contribution in [0.1, 0.15) is 41.7 Å². The molecule has 32 heavy (non-hydrogen) atoms. The van der Waals surface area contributed by atoms with Crippen LogP contribution < -0.4 is 15.2 Å². The molecule has 1 aromatic heterocycles. The third-order valence-electron chi connectivity index (χ3n) is 5.86. The predicted molar refractivity (Wildman–Crippen MR) is 122 cm³/mol. The van der Waals surface area contributed by atoms with Gasteiger partial charge in [0, 0.05) is 24.4 Å². The van der Waals surface area contributed by atoms with Crippen molar-refractivity contribution in [2.45, 2.75) is 31.8 Å². The minimum Gasteiger partial charge on any atom is -0.493 e. The summed E-state index contributed by atoms with van der Waals surface area (Å²) in [5.41, 5.74) is 7.56. The van der Waals surface area contributed by atoms with Gasteiger partial charge in [-0.15, -0.1) is 0 Å². The first-order chi connectivity index (χ1) is 15.5. The number of primary amides is 1. The maximum absolute atomic E-state index is 13.2. The Labute approximate surface area is 187 Å². The Morgan fingerprint density at radius 3 is 2.59 bits per heavy atom. The van der Waals surface area contributed by atoms with Gasteiger partial charge in [0.05, 0.1) is 23.9 Å². The van der Waals surface area contributed by atoms with E-state index in [9.17, 15) is 9.59 Å². The SMILES string of the molecule is COc1ccccc1OC(C)C(=O)N1CCCC(c2nc3ccccc3cc2C(N)=O)C1. The molecule has 2 aromatic carbocycles. The molecule has 2 atom stereocenters. The number of likely N-dealkylation sites (tertiary alicyclic amines) is 1. The van der Waals surface area contributed by atoms with Gasteiger partial charge >= 0.3 is 0 Å². The third-order valence-corrected chi connectivity index (χ3v) is 5.86. The fourth-order valence-electron chi connectivity index (χ4n) is 4.25. The van der Waals surface area contributed by atoms with Gasteiger partial charge in [-0.2, -0.15) is 0 Å². The zero-order valence-electron chi connectivity index (χ0n) is 18.3. The van der Waals surface area contributed by atoms with Crippen LogP contribution in [0.4, 0.5) is 0 Å². The molecule has 0 aliphatic carbocycles. The van der Waals surface area contributed by atoms with Crippen molar-refractivity contribution in [1.29, 1.82) is 0 Å². The molecule has 2 heterocycles. The molecular weight excluding hydrogens is 406 g/mol. The van der Waals surface area contributed by atoms with Crippen molar-refractivity contribution < 1.29 is 19.1 Å². The molecule has 0 bridgehead atoms. The number of amides is 2. The van der Waals surface area contributed by atoms with E-state index in [-0.39, 0.29) is 11.8 Å². The van der Waals surface area contributed by atoms with Crippen LogP contribution in [-0.4, -0.2) is 48.0 Å². The number of rotatable bonds is 6. The maximum atomic E-state index is 13.2. The molecule has 2 amide bonds. The molecule has 7 nitrogen and oxygen atoms in total. The van der Waals surface area contributed by atoms with Crippen LogP contribution in [0.25, 0.3) is 10.9 Å². The molecule has 3 aromatic rings. The number of benzene rings is 2. The van der Waals surface area contributed by atoms with Gasteiger partial charge in [0.15, 0.2) is 17.6 Å². The van der Waals surface area contributed by atoms with Crippen LogP contribution in [0.2, 0.25) is 0 Å². The molecule has 4 rings (SSSR count). The van der Waals surface area contributed by atoms with E-state index in [2.05, 4.69) is 0 Å². The molecule has 7 heteroatoms. The maximum Gasteiger partial charge on any atom is 0.263 e. The number of carbonyl (C=O) groups excluding carboxylic acids is 2. The number of pyridine rings is 1. The number of carbonyl (C=O) groups is 2. The number of nitrogens with zero attached hydrogens (tertiary/aromatic N) is 2. The lowest BCUT2D eigenvalue weighted by Crippen LogP contribution is -2.45. The van der Waals surface area contributed by atoms with E-state index in [1.807, 2.05) is 36.4 Å². The van der Waals surface area contributed by atoms with Crippen molar-refractivity contribution >= 4 is 22.7 Å². The lowest BCUT2D eigenvalue weighted by atomic mass is 9.90. The Morgan fingerprint density at radius 2 is 1.84 bits per heavy atom. The van der Waals surface area contributed by atoms with Gasteiger partial charge in [0.2, 0.25) is 0 Å². The zero-order chi connectivity index (χ0) is 22.7. The van der Waals surface area contributed by atoms with E-state index in [0.717, 1.165) is 23.7 Å². The Balaban J connectivity index is 1.55. The molecule has 2 unspecified atom stereocenters. The highest BCUT2D eigenvalue weighted by Crippen LogP contribution is 2.31. The monoisotopic (exact) mass is 433 g/mol. The molecular formula is C25H27N3O4. The molecule has 1 aliphatic heterocycles. The van der Waals surface area contributed by atoms with E-state index in [0.29, 0.717) is 35.8 Å². The third kappa shape index (κ3) is 4.37. The van der Waals surface area contributed by atoms with Gasteiger partial charge in [-0.1, -0.05) is 30.3 Å². The number of hydrogen-bond donors (Lipinski definition) is 1. The first-order valence-corrected chi connectivity index (χ1v) is 10.8. The summed E-state index contributed by atoms with van der Waals surface area (Å²) in [4.78, 5) is 31.9. The summed E-state index contributed by atoms with van der Waals surface area (Å²) in [5, 5.41) is 0.868. The summed E-state index contributed by atoms with van der Waals surface area (Å²) in [6.45, 7) is 2.83. The summed E-state index contributed by atoms with van der Waals surface area (Å²) in [7, 11) is 1.57. The molecule has 0 spiro atoms. The van der Waals surface area contributed by atoms with Crippen molar-refractivity contribution in [2.75, 3.05) is 20.2 Å². The standard InChI is InChI=1S/C25H27N3O4/c1-16(32-22-12-6-5-11-21(22)31-2)25(30)28-13-7-9-18(15-28)23-19(24(26)29)14-17-8-3-4-10-20(17)27-23/h3-6,8,10-12,14,16,18H,7,9,13,15H2,1-2H3,(H2,26,29). The van der Waals surface area contributed by atoms with Crippen LogP contribution in [0.5, 0.6) is 11.5 Å². The van der Waals surface area contributed by atoms with Gasteiger partial charge in [-0.3, -0.25) is 14.6 Å². The summed E-state index contributed by atoms with van der Waals surface area (Å²) in [6, 6.07) is 16.7. The van der Waals surface area contributed by atoms with Gasteiger partial charge in [-0.05, 0) is 44.0 Å². The number of fused-ring (bicyclic) bond motifs is 1. The van der Waals surface area contributed by atoms with Crippen molar-refractivity contribution in [3.05, 3.63) is 65.9 Å². The fraction of sp³-hybridized carbons (Fsp3) is 0.320. The number of aromatic nitrogens is 1. The molecule has 1 fully saturated rings. The number of nitrogens with two attached hydrogens (primary N) is 1. The number of hydrogen-bond acceptors (Lipinski definition) is 5. The van der Waals surface area contributed by atoms with Crippen molar-refractivity contribution in [1.82, 2.24) is 9.88 Å². The molecule has 0 saturated carbocycles. The molecule has 1 aliphatic rings. The Hall–Kier alpha value is -3.61. The summed E-state index contributed by atoms with van der Waals surface area (Å²) >= 11 is 0. The van der Waals surface area contributed by atoms with Crippen molar-refractivity contribution in [3.63, 3.8) is 0 Å². The van der Waals surface area contributed by atoms with Crippen molar-refractivity contribution in [2.24, 2.45) is 5.73 Å². The van der Waals surface area contributed by atoms with Crippen LogP contribution in [0.15, 0.2) is 54.6 Å². The van der Waals surface area contributed by atoms with E-state index in [1.54, 1.807) is 37.1 Å². The van der Waals surface area contributed by atoms with E-state index in [4.69, 9.17) is 20.2 Å². The first-order valence-electron chi connectivity index (χ1n) is 10.8. The predicted octanol–water partition coefficient (Wildman–Crippen LogP) is 3.52. The fourth-order valence-corrected chi connectivity index (χ4v) is 4.25. The van der Waals surface area contributed by atoms with Crippen LogP contribution in [-0.2, 0) is 4.79 Å². The number of para-hydroxylation sites is 3. The van der Waals surface area contributed by atoms with Crippen LogP contribution in [0, 0.1) is 0 Å². The Morgan fingerprint density at radius 1 is 1.12 bits per heavy atom. The van der Waals surface area contributed by atoms with Crippen LogP contribution in [0.3, 0.4) is 0 Å². The minimum absolute atomic E-state index is 0.0710. The number of piperidine rings is 1. The average Bonchev–Trinajstić information content (AvgIpc) is 2.83. The van der Waals surface area contributed by atoms with Gasteiger partial charge in [0.25, 0.3) is 11.8 Å². The van der Waals surface area contributed by atoms with Crippen LogP contribution >= 0.6 is 0 Å². The molecule has 2 N–H and O–H groups in total. The highest BCUT2D eigenvalue weighted by molar-refractivity contribution is 5.97. The average molecular weight is 434 g/mol.